The monoisotopic (exact) mass is 487 g/mol. The smallest absolute Gasteiger partial charge is 0.0499 e. The second kappa shape index (κ2) is 17.5. The molecule has 2 unspecified atom stereocenters. The summed E-state index contributed by atoms with van der Waals surface area (Å²) in [5.41, 5.74) is 2.81. The Labute approximate surface area is 214 Å². The summed E-state index contributed by atoms with van der Waals surface area (Å²) in [6.07, 6.45) is 7.07. The van der Waals surface area contributed by atoms with Gasteiger partial charge in [0.15, 0.2) is 0 Å². The third-order valence-corrected chi connectivity index (χ3v) is 6.87. The van der Waals surface area contributed by atoms with E-state index in [1.165, 1.54) is 36.8 Å². The molecule has 0 fully saturated rings. The van der Waals surface area contributed by atoms with Crippen molar-refractivity contribution in [3.8, 4) is 0 Å². The molecule has 0 heterocycles. The molecule has 33 heavy (non-hydrogen) atoms. The topological polar surface area (TPSA) is 18.5 Å². The second-order valence-electron chi connectivity index (χ2n) is 8.97. The molecule has 2 rings (SSSR count). The molecule has 3 nitrogen and oxygen atoms in total. The first-order valence-corrected chi connectivity index (χ1v) is 13.7. The standard InChI is InChI=1S/C28H45N3S2/c1-25(32)30(23-17-27-13-5-3-6-14-27)21-11-9-19-29-20-10-12-22-31(26(2)33)24-18-28-15-7-4-8-16-28/h3-8,13-16,25-26,29,32-33H,9-12,17-24H2,1-2H3. The van der Waals surface area contributed by atoms with Crippen LogP contribution in [0.4, 0.5) is 0 Å². The molecule has 1 N–H and O–H groups in total. The van der Waals surface area contributed by atoms with E-state index in [1.54, 1.807) is 0 Å². The van der Waals surface area contributed by atoms with Crippen LogP contribution in [0.1, 0.15) is 50.7 Å². The first-order valence-electron chi connectivity index (χ1n) is 12.7. The minimum atomic E-state index is 0.306. The lowest BCUT2D eigenvalue weighted by Gasteiger charge is -2.26. The third-order valence-electron chi connectivity index (χ3n) is 6.22. The molecule has 5 heteroatoms. The number of hydrogen-bond acceptors (Lipinski definition) is 5. The molecule has 0 aliphatic heterocycles. The first-order chi connectivity index (χ1) is 16.1. The van der Waals surface area contributed by atoms with Gasteiger partial charge in [-0.3, -0.25) is 9.80 Å². The summed E-state index contributed by atoms with van der Waals surface area (Å²) in [5.74, 6) is 0. The summed E-state index contributed by atoms with van der Waals surface area (Å²) in [6, 6.07) is 21.5. The van der Waals surface area contributed by atoms with E-state index in [-0.39, 0.29) is 0 Å². The molecular weight excluding hydrogens is 442 g/mol. The predicted molar refractivity (Wildman–Crippen MR) is 152 cm³/mol. The Morgan fingerprint density at radius 1 is 0.606 bits per heavy atom. The number of thiol groups is 2. The number of benzene rings is 2. The second-order valence-corrected chi connectivity index (χ2v) is 10.5. The van der Waals surface area contributed by atoms with Crippen LogP contribution in [0.15, 0.2) is 60.7 Å². The number of hydrogen-bond donors (Lipinski definition) is 3. The zero-order valence-electron chi connectivity index (χ0n) is 20.7. The van der Waals surface area contributed by atoms with Gasteiger partial charge in [0.05, 0.1) is 0 Å². The quantitative estimate of drug-likeness (QED) is 0.141. The van der Waals surface area contributed by atoms with Crippen molar-refractivity contribution in [2.75, 3.05) is 39.3 Å². The lowest BCUT2D eigenvalue weighted by Crippen LogP contribution is -2.33. The predicted octanol–water partition coefficient (Wildman–Crippen LogP) is 5.78. The van der Waals surface area contributed by atoms with E-state index in [0.29, 0.717) is 10.7 Å². The number of nitrogens with zero attached hydrogens (tertiary/aromatic N) is 2. The Morgan fingerprint density at radius 3 is 1.36 bits per heavy atom. The molecule has 0 saturated carbocycles. The van der Waals surface area contributed by atoms with Gasteiger partial charge in [0.2, 0.25) is 0 Å². The van der Waals surface area contributed by atoms with Crippen LogP contribution in [0.25, 0.3) is 0 Å². The SMILES string of the molecule is CC(S)N(CCCCNCCCCN(CCc1ccccc1)C(C)S)CCc1ccccc1. The van der Waals surface area contributed by atoms with E-state index in [0.717, 1.165) is 52.1 Å². The van der Waals surface area contributed by atoms with E-state index in [9.17, 15) is 0 Å². The van der Waals surface area contributed by atoms with Crippen molar-refractivity contribution >= 4 is 25.3 Å². The number of rotatable bonds is 18. The van der Waals surface area contributed by atoms with Gasteiger partial charge in [-0.25, -0.2) is 0 Å². The summed E-state index contributed by atoms with van der Waals surface area (Å²) in [6.45, 7) is 11.0. The summed E-state index contributed by atoms with van der Waals surface area (Å²) < 4.78 is 0. The molecular formula is C28H45N3S2. The molecule has 0 spiro atoms. The maximum absolute atomic E-state index is 4.69. The van der Waals surface area contributed by atoms with Crippen LogP contribution in [-0.2, 0) is 12.8 Å². The van der Waals surface area contributed by atoms with Gasteiger partial charge in [0.1, 0.15) is 0 Å². The highest BCUT2D eigenvalue weighted by Gasteiger charge is 2.11. The van der Waals surface area contributed by atoms with Crippen LogP contribution in [0.2, 0.25) is 0 Å². The van der Waals surface area contributed by atoms with Crippen molar-refractivity contribution < 1.29 is 0 Å². The van der Waals surface area contributed by atoms with Gasteiger partial charge >= 0.3 is 0 Å². The van der Waals surface area contributed by atoms with Gasteiger partial charge in [-0.2, -0.15) is 25.3 Å². The molecule has 0 saturated heterocycles. The minimum absolute atomic E-state index is 0.306. The minimum Gasteiger partial charge on any atom is -0.317 e. The first kappa shape index (κ1) is 28.3. The highest BCUT2D eigenvalue weighted by atomic mass is 32.1. The van der Waals surface area contributed by atoms with Crippen molar-refractivity contribution in [3.05, 3.63) is 71.8 Å². The third kappa shape index (κ3) is 12.9. The highest BCUT2D eigenvalue weighted by molar-refractivity contribution is 7.81. The van der Waals surface area contributed by atoms with Gasteiger partial charge in [-0.05, 0) is 89.7 Å². The fourth-order valence-electron chi connectivity index (χ4n) is 4.06. The molecule has 0 aliphatic carbocycles. The lowest BCUT2D eigenvalue weighted by atomic mass is 10.1. The van der Waals surface area contributed by atoms with Crippen molar-refractivity contribution in [2.45, 2.75) is 63.1 Å². The largest absolute Gasteiger partial charge is 0.317 e. The van der Waals surface area contributed by atoms with E-state index >= 15 is 0 Å². The fraction of sp³-hybridized carbons (Fsp3) is 0.571. The van der Waals surface area contributed by atoms with Gasteiger partial charge in [0, 0.05) is 23.8 Å². The Hall–Kier alpha value is -0.980. The summed E-state index contributed by atoms with van der Waals surface area (Å²) in [7, 11) is 0. The Morgan fingerprint density at radius 2 is 1.00 bits per heavy atom. The van der Waals surface area contributed by atoms with E-state index in [1.807, 2.05) is 0 Å². The molecule has 2 atom stereocenters. The zero-order valence-corrected chi connectivity index (χ0v) is 22.5. The van der Waals surface area contributed by atoms with Crippen molar-refractivity contribution in [1.29, 1.82) is 0 Å². The average molecular weight is 488 g/mol. The Bertz CT molecular complexity index is 648. The number of unbranched alkanes of at least 4 members (excludes halogenated alkanes) is 2. The van der Waals surface area contributed by atoms with Gasteiger partial charge in [0.25, 0.3) is 0 Å². The highest BCUT2D eigenvalue weighted by Crippen LogP contribution is 2.10. The van der Waals surface area contributed by atoms with Gasteiger partial charge < -0.3 is 5.32 Å². The van der Waals surface area contributed by atoms with Crippen LogP contribution >= 0.6 is 25.3 Å². The van der Waals surface area contributed by atoms with Crippen LogP contribution in [0.5, 0.6) is 0 Å². The average Bonchev–Trinajstić information content (AvgIpc) is 2.82. The maximum Gasteiger partial charge on any atom is 0.0499 e. The van der Waals surface area contributed by atoms with Gasteiger partial charge in [-0.15, -0.1) is 0 Å². The van der Waals surface area contributed by atoms with E-state index in [2.05, 4.69) is 115 Å². The van der Waals surface area contributed by atoms with E-state index < -0.39 is 0 Å². The van der Waals surface area contributed by atoms with Crippen LogP contribution < -0.4 is 5.32 Å². The molecule has 0 aliphatic rings. The Balaban J connectivity index is 1.50. The summed E-state index contributed by atoms with van der Waals surface area (Å²) >= 11 is 9.38. The Kier molecular flexibility index (Phi) is 14.9. The summed E-state index contributed by atoms with van der Waals surface area (Å²) in [5, 5.41) is 4.24. The van der Waals surface area contributed by atoms with Gasteiger partial charge in [-0.1, -0.05) is 60.7 Å². The molecule has 0 amide bonds. The zero-order chi connectivity index (χ0) is 23.7. The van der Waals surface area contributed by atoms with Crippen LogP contribution in [-0.4, -0.2) is 59.8 Å². The molecule has 2 aromatic carbocycles. The molecule has 0 radical (unpaired) electrons. The number of nitrogens with one attached hydrogen (secondary N) is 1. The molecule has 0 aromatic heterocycles. The summed E-state index contributed by atoms with van der Waals surface area (Å²) in [4.78, 5) is 4.97. The molecule has 184 valence electrons. The van der Waals surface area contributed by atoms with Crippen molar-refractivity contribution in [2.24, 2.45) is 0 Å². The van der Waals surface area contributed by atoms with Crippen LogP contribution in [0.3, 0.4) is 0 Å². The lowest BCUT2D eigenvalue weighted by molar-refractivity contribution is 0.263. The fourth-order valence-corrected chi connectivity index (χ4v) is 4.52. The normalized spacial score (nSPS) is 13.5. The molecule has 2 aromatic rings. The maximum atomic E-state index is 4.69. The van der Waals surface area contributed by atoms with Crippen LogP contribution in [0, 0.1) is 0 Å². The van der Waals surface area contributed by atoms with Crippen molar-refractivity contribution in [3.63, 3.8) is 0 Å². The van der Waals surface area contributed by atoms with Crippen molar-refractivity contribution in [1.82, 2.24) is 15.1 Å². The van der Waals surface area contributed by atoms with E-state index in [4.69, 9.17) is 0 Å². The molecule has 0 bridgehead atoms.